The molecule has 0 spiro atoms. The molecule has 0 aromatic rings. The smallest absolute Gasteiger partial charge is 0.147 e. The first kappa shape index (κ1) is 12.0. The van der Waals surface area contributed by atoms with E-state index in [2.05, 4.69) is 0 Å². The monoisotopic (exact) mass is 219 g/mol. The third-order valence-corrected chi connectivity index (χ3v) is 3.95. The van der Waals surface area contributed by atoms with Gasteiger partial charge in [0.15, 0.2) is 0 Å². The third-order valence-electron chi connectivity index (χ3n) is 2.97. The van der Waals surface area contributed by atoms with Crippen molar-refractivity contribution in [3.8, 4) is 0 Å². The summed E-state index contributed by atoms with van der Waals surface area (Å²) in [5.74, 6) is 0.854. The first-order valence-corrected chi connectivity index (χ1v) is 7.47. The predicted molar refractivity (Wildman–Crippen MR) is 58.9 cm³/mol. The molecular weight excluding hydrogens is 198 g/mol. The van der Waals surface area contributed by atoms with Crippen LogP contribution in [0.2, 0.25) is 0 Å². The van der Waals surface area contributed by atoms with Gasteiger partial charge in [0.05, 0.1) is 5.75 Å². The van der Waals surface area contributed by atoms with E-state index >= 15 is 0 Å². The van der Waals surface area contributed by atoms with Gasteiger partial charge in [-0.15, -0.1) is 0 Å². The highest BCUT2D eigenvalue weighted by Gasteiger charge is 2.18. The van der Waals surface area contributed by atoms with Crippen LogP contribution >= 0.6 is 0 Å². The molecule has 0 radical (unpaired) electrons. The molecule has 0 bridgehead atoms. The van der Waals surface area contributed by atoms with Gasteiger partial charge in [0.2, 0.25) is 0 Å². The van der Waals surface area contributed by atoms with Gasteiger partial charge in [0, 0.05) is 12.3 Å². The lowest BCUT2D eigenvalue weighted by Crippen LogP contribution is -2.22. The Morgan fingerprint density at radius 3 is 2.57 bits per heavy atom. The number of nitrogens with two attached hydrogens (primary N) is 1. The highest BCUT2D eigenvalue weighted by Crippen LogP contribution is 2.25. The molecule has 14 heavy (non-hydrogen) atoms. The lowest BCUT2D eigenvalue weighted by molar-refractivity contribution is 0.420. The molecule has 0 aliphatic heterocycles. The van der Waals surface area contributed by atoms with Gasteiger partial charge in [0.1, 0.15) is 9.84 Å². The summed E-state index contributed by atoms with van der Waals surface area (Å²) in [7, 11) is -2.79. The normalized spacial score (nSPS) is 29.9. The number of rotatable bonds is 3. The SMILES string of the molecule is CS(=O)(=O)CCC1CCCCC(N)C1. The summed E-state index contributed by atoms with van der Waals surface area (Å²) in [5.41, 5.74) is 5.92. The van der Waals surface area contributed by atoms with Crippen LogP contribution in [0, 0.1) is 5.92 Å². The molecule has 0 amide bonds. The fourth-order valence-electron chi connectivity index (χ4n) is 2.15. The van der Waals surface area contributed by atoms with Crippen LogP contribution in [-0.2, 0) is 9.84 Å². The van der Waals surface area contributed by atoms with Crippen molar-refractivity contribution in [2.75, 3.05) is 12.0 Å². The number of sulfone groups is 1. The molecule has 0 aromatic heterocycles. The minimum atomic E-state index is -2.79. The summed E-state index contributed by atoms with van der Waals surface area (Å²) >= 11 is 0. The van der Waals surface area contributed by atoms with Crippen LogP contribution in [-0.4, -0.2) is 26.5 Å². The van der Waals surface area contributed by atoms with Crippen LogP contribution in [0.5, 0.6) is 0 Å². The van der Waals surface area contributed by atoms with Crippen LogP contribution in [0.15, 0.2) is 0 Å². The minimum absolute atomic E-state index is 0.294. The van der Waals surface area contributed by atoms with Crippen molar-refractivity contribution < 1.29 is 8.42 Å². The molecular formula is C10H21NO2S. The molecule has 1 saturated carbocycles. The van der Waals surface area contributed by atoms with E-state index in [4.69, 9.17) is 5.73 Å². The van der Waals surface area contributed by atoms with Crippen LogP contribution in [0.25, 0.3) is 0 Å². The van der Waals surface area contributed by atoms with E-state index in [1.54, 1.807) is 0 Å². The molecule has 0 aromatic carbocycles. The van der Waals surface area contributed by atoms with Gasteiger partial charge in [-0.3, -0.25) is 0 Å². The van der Waals surface area contributed by atoms with E-state index in [1.807, 2.05) is 0 Å². The second-order valence-corrected chi connectivity index (χ2v) is 6.82. The average Bonchev–Trinajstić information content (AvgIpc) is 2.25. The molecule has 2 atom stereocenters. The van der Waals surface area contributed by atoms with Crippen molar-refractivity contribution in [3.05, 3.63) is 0 Å². The highest BCUT2D eigenvalue weighted by molar-refractivity contribution is 7.90. The quantitative estimate of drug-likeness (QED) is 0.728. The molecule has 84 valence electrons. The van der Waals surface area contributed by atoms with Crippen molar-refractivity contribution in [1.82, 2.24) is 0 Å². The number of hydrogen-bond donors (Lipinski definition) is 1. The van der Waals surface area contributed by atoms with E-state index in [0.717, 1.165) is 25.7 Å². The minimum Gasteiger partial charge on any atom is -0.328 e. The van der Waals surface area contributed by atoms with Gasteiger partial charge in [-0.1, -0.05) is 19.3 Å². The van der Waals surface area contributed by atoms with Gasteiger partial charge < -0.3 is 5.73 Å². The largest absolute Gasteiger partial charge is 0.328 e. The van der Waals surface area contributed by atoms with Crippen molar-refractivity contribution in [2.45, 2.75) is 44.6 Å². The van der Waals surface area contributed by atoms with E-state index < -0.39 is 9.84 Å². The van der Waals surface area contributed by atoms with Crippen molar-refractivity contribution in [1.29, 1.82) is 0 Å². The molecule has 2 N–H and O–H groups in total. The van der Waals surface area contributed by atoms with Gasteiger partial charge in [-0.25, -0.2) is 8.42 Å². The summed E-state index contributed by atoms with van der Waals surface area (Å²) in [6, 6.07) is 0.294. The Hall–Kier alpha value is -0.0900. The Kier molecular flexibility index (Phi) is 4.38. The summed E-state index contributed by atoms with van der Waals surface area (Å²) in [5, 5.41) is 0. The van der Waals surface area contributed by atoms with Gasteiger partial charge in [-0.2, -0.15) is 0 Å². The Labute approximate surface area is 87.0 Å². The first-order chi connectivity index (χ1) is 6.47. The van der Waals surface area contributed by atoms with Crippen LogP contribution < -0.4 is 5.73 Å². The Morgan fingerprint density at radius 2 is 1.93 bits per heavy atom. The topological polar surface area (TPSA) is 60.2 Å². The average molecular weight is 219 g/mol. The molecule has 0 saturated heterocycles. The number of hydrogen-bond acceptors (Lipinski definition) is 3. The molecule has 1 fully saturated rings. The van der Waals surface area contributed by atoms with Gasteiger partial charge >= 0.3 is 0 Å². The summed E-state index contributed by atoms with van der Waals surface area (Å²) in [4.78, 5) is 0. The Morgan fingerprint density at radius 1 is 1.29 bits per heavy atom. The maximum absolute atomic E-state index is 11.0. The lowest BCUT2D eigenvalue weighted by atomic mass is 9.96. The zero-order valence-electron chi connectivity index (χ0n) is 8.91. The fraction of sp³-hybridized carbons (Fsp3) is 1.00. The highest BCUT2D eigenvalue weighted by atomic mass is 32.2. The van der Waals surface area contributed by atoms with E-state index in [0.29, 0.717) is 17.7 Å². The summed E-state index contributed by atoms with van der Waals surface area (Å²) in [6.45, 7) is 0. The standard InChI is InChI=1S/C10H21NO2S/c1-14(12,13)7-6-9-4-2-3-5-10(11)8-9/h9-10H,2-8,11H2,1H3. The zero-order chi connectivity index (χ0) is 10.6. The zero-order valence-corrected chi connectivity index (χ0v) is 9.72. The van der Waals surface area contributed by atoms with Crippen molar-refractivity contribution in [3.63, 3.8) is 0 Å². The van der Waals surface area contributed by atoms with Crippen molar-refractivity contribution in [2.24, 2.45) is 11.7 Å². The summed E-state index contributed by atoms with van der Waals surface area (Å²) < 4.78 is 22.0. The lowest BCUT2D eigenvalue weighted by Gasteiger charge is -2.16. The van der Waals surface area contributed by atoms with Gasteiger partial charge in [0.25, 0.3) is 0 Å². The Balaban J connectivity index is 2.35. The second kappa shape index (κ2) is 5.12. The summed E-state index contributed by atoms with van der Waals surface area (Å²) in [6.07, 6.45) is 7.79. The third kappa shape index (κ3) is 4.96. The van der Waals surface area contributed by atoms with Crippen LogP contribution in [0.1, 0.15) is 38.5 Å². The molecule has 1 aliphatic rings. The van der Waals surface area contributed by atoms with Crippen LogP contribution in [0.4, 0.5) is 0 Å². The molecule has 3 nitrogen and oxygen atoms in total. The van der Waals surface area contributed by atoms with Crippen molar-refractivity contribution >= 4 is 9.84 Å². The maximum atomic E-state index is 11.0. The Bertz CT molecular complexity index is 261. The second-order valence-electron chi connectivity index (χ2n) is 4.56. The molecule has 4 heteroatoms. The van der Waals surface area contributed by atoms with E-state index in [9.17, 15) is 8.42 Å². The molecule has 1 rings (SSSR count). The maximum Gasteiger partial charge on any atom is 0.147 e. The van der Waals surface area contributed by atoms with E-state index in [1.165, 1.54) is 19.1 Å². The predicted octanol–water partition coefficient (Wildman–Crippen LogP) is 1.33. The van der Waals surface area contributed by atoms with Crippen LogP contribution in [0.3, 0.4) is 0 Å². The van der Waals surface area contributed by atoms with E-state index in [-0.39, 0.29) is 0 Å². The fourth-order valence-corrected chi connectivity index (χ4v) is 2.91. The molecule has 0 heterocycles. The first-order valence-electron chi connectivity index (χ1n) is 5.40. The molecule has 2 unspecified atom stereocenters. The van der Waals surface area contributed by atoms with Gasteiger partial charge in [-0.05, 0) is 25.2 Å². The molecule has 1 aliphatic carbocycles.